The highest BCUT2D eigenvalue weighted by molar-refractivity contribution is 5.89. The summed E-state index contributed by atoms with van der Waals surface area (Å²) >= 11 is 0. The molecular weight excluding hydrogens is 256 g/mol. The van der Waals surface area contributed by atoms with Crippen LogP contribution in [0, 0.1) is 5.92 Å². The lowest BCUT2D eigenvalue weighted by Gasteiger charge is -2.23. The molecule has 0 bridgehead atoms. The van der Waals surface area contributed by atoms with Gasteiger partial charge in [-0.25, -0.2) is 0 Å². The standard InChI is InChI=1S/C15H20N2O3/c18-14-8-11(10-17(14)12-4-1-2-5-12)15(19)16-9-13-6-3-7-20-13/h3,6-7,11-12H,1-2,4-5,8-10H2,(H,16,19)/t11-/m1/s1. The van der Waals surface area contributed by atoms with Crippen LogP contribution in [-0.2, 0) is 16.1 Å². The summed E-state index contributed by atoms with van der Waals surface area (Å²) in [6.45, 7) is 0.966. The predicted molar refractivity (Wildman–Crippen MR) is 72.6 cm³/mol. The second-order valence-corrected chi connectivity index (χ2v) is 5.68. The summed E-state index contributed by atoms with van der Waals surface area (Å²) in [5, 5.41) is 2.85. The number of carbonyl (C=O) groups excluding carboxylic acids is 2. The van der Waals surface area contributed by atoms with Gasteiger partial charge in [0.1, 0.15) is 5.76 Å². The minimum Gasteiger partial charge on any atom is -0.467 e. The lowest BCUT2D eigenvalue weighted by molar-refractivity contribution is -0.130. The van der Waals surface area contributed by atoms with Gasteiger partial charge in [-0.05, 0) is 25.0 Å². The molecule has 1 aliphatic heterocycles. The molecule has 3 rings (SSSR count). The number of furan rings is 1. The third-order valence-corrected chi connectivity index (χ3v) is 4.31. The van der Waals surface area contributed by atoms with E-state index >= 15 is 0 Å². The van der Waals surface area contributed by atoms with Crippen LogP contribution in [0.2, 0.25) is 0 Å². The Labute approximate surface area is 118 Å². The Morgan fingerprint density at radius 3 is 2.90 bits per heavy atom. The van der Waals surface area contributed by atoms with E-state index < -0.39 is 0 Å². The van der Waals surface area contributed by atoms with Crippen LogP contribution in [-0.4, -0.2) is 29.3 Å². The van der Waals surface area contributed by atoms with E-state index in [9.17, 15) is 9.59 Å². The van der Waals surface area contributed by atoms with Gasteiger partial charge >= 0.3 is 0 Å². The summed E-state index contributed by atoms with van der Waals surface area (Å²) in [5.41, 5.74) is 0. The van der Waals surface area contributed by atoms with Crippen LogP contribution in [0.1, 0.15) is 37.9 Å². The van der Waals surface area contributed by atoms with Gasteiger partial charge in [-0.1, -0.05) is 12.8 Å². The zero-order valence-electron chi connectivity index (χ0n) is 11.5. The van der Waals surface area contributed by atoms with Gasteiger partial charge < -0.3 is 14.6 Å². The predicted octanol–water partition coefficient (Wildman–Crippen LogP) is 1.69. The third-order valence-electron chi connectivity index (χ3n) is 4.31. The molecule has 1 aromatic rings. The average molecular weight is 276 g/mol. The zero-order chi connectivity index (χ0) is 13.9. The van der Waals surface area contributed by atoms with Crippen molar-refractivity contribution >= 4 is 11.8 Å². The fourth-order valence-electron chi connectivity index (χ4n) is 3.21. The topological polar surface area (TPSA) is 62.6 Å². The van der Waals surface area contributed by atoms with Crippen molar-refractivity contribution in [3.8, 4) is 0 Å². The van der Waals surface area contributed by atoms with E-state index in [1.165, 1.54) is 12.8 Å². The molecule has 0 spiro atoms. The summed E-state index contributed by atoms with van der Waals surface area (Å²) in [4.78, 5) is 26.1. The molecule has 5 heteroatoms. The maximum absolute atomic E-state index is 12.1. The van der Waals surface area contributed by atoms with E-state index in [0.717, 1.165) is 18.6 Å². The molecule has 1 aliphatic carbocycles. The zero-order valence-corrected chi connectivity index (χ0v) is 11.5. The molecule has 108 valence electrons. The van der Waals surface area contributed by atoms with Gasteiger partial charge in [0.05, 0.1) is 18.7 Å². The van der Waals surface area contributed by atoms with Crippen LogP contribution < -0.4 is 5.32 Å². The fourth-order valence-corrected chi connectivity index (χ4v) is 3.21. The first-order valence-corrected chi connectivity index (χ1v) is 7.33. The first-order valence-electron chi connectivity index (χ1n) is 7.33. The second-order valence-electron chi connectivity index (χ2n) is 5.68. The molecule has 1 atom stereocenters. The maximum Gasteiger partial charge on any atom is 0.225 e. The van der Waals surface area contributed by atoms with Crippen molar-refractivity contribution in [2.24, 2.45) is 5.92 Å². The largest absolute Gasteiger partial charge is 0.467 e. The number of likely N-dealkylation sites (tertiary alicyclic amines) is 1. The summed E-state index contributed by atoms with van der Waals surface area (Å²) in [6, 6.07) is 3.98. The van der Waals surface area contributed by atoms with Crippen molar-refractivity contribution in [1.29, 1.82) is 0 Å². The van der Waals surface area contributed by atoms with Crippen LogP contribution >= 0.6 is 0 Å². The van der Waals surface area contributed by atoms with Crippen molar-refractivity contribution in [3.63, 3.8) is 0 Å². The Morgan fingerprint density at radius 1 is 1.40 bits per heavy atom. The molecule has 0 unspecified atom stereocenters. The molecule has 0 aromatic carbocycles. The first kappa shape index (κ1) is 13.2. The number of rotatable bonds is 4. The van der Waals surface area contributed by atoms with Crippen LogP contribution in [0.3, 0.4) is 0 Å². The summed E-state index contributed by atoms with van der Waals surface area (Å²) in [5.74, 6) is 0.610. The molecule has 1 saturated heterocycles. The Morgan fingerprint density at radius 2 is 2.20 bits per heavy atom. The van der Waals surface area contributed by atoms with Gasteiger partial charge in [0.15, 0.2) is 0 Å². The minimum absolute atomic E-state index is 0.0461. The summed E-state index contributed by atoms with van der Waals surface area (Å²) < 4.78 is 5.18. The van der Waals surface area contributed by atoms with Crippen LogP contribution in [0.5, 0.6) is 0 Å². The first-order chi connectivity index (χ1) is 9.74. The lowest BCUT2D eigenvalue weighted by Crippen LogP contribution is -2.36. The van der Waals surface area contributed by atoms with E-state index in [0.29, 0.717) is 25.6 Å². The Bertz CT molecular complexity index is 477. The number of hydrogen-bond acceptors (Lipinski definition) is 3. The molecule has 2 fully saturated rings. The second kappa shape index (κ2) is 5.69. The van der Waals surface area contributed by atoms with Gasteiger partial charge in [0.2, 0.25) is 11.8 Å². The van der Waals surface area contributed by atoms with Crippen molar-refractivity contribution in [2.45, 2.75) is 44.7 Å². The molecule has 5 nitrogen and oxygen atoms in total. The lowest BCUT2D eigenvalue weighted by atomic mass is 10.1. The van der Waals surface area contributed by atoms with Gasteiger partial charge in [0.25, 0.3) is 0 Å². The van der Waals surface area contributed by atoms with Crippen molar-refractivity contribution in [1.82, 2.24) is 10.2 Å². The van der Waals surface area contributed by atoms with Gasteiger partial charge in [-0.2, -0.15) is 0 Å². The van der Waals surface area contributed by atoms with Crippen molar-refractivity contribution in [3.05, 3.63) is 24.2 Å². The molecule has 1 aromatic heterocycles. The van der Waals surface area contributed by atoms with Crippen LogP contribution in [0.15, 0.2) is 22.8 Å². The number of nitrogens with one attached hydrogen (secondary N) is 1. The molecule has 20 heavy (non-hydrogen) atoms. The molecular formula is C15H20N2O3. The van der Waals surface area contributed by atoms with E-state index in [4.69, 9.17) is 4.42 Å². The van der Waals surface area contributed by atoms with Crippen LogP contribution in [0.25, 0.3) is 0 Å². The molecule has 2 heterocycles. The monoisotopic (exact) mass is 276 g/mol. The van der Waals surface area contributed by atoms with Crippen LogP contribution in [0.4, 0.5) is 0 Å². The molecule has 1 saturated carbocycles. The average Bonchev–Trinajstić information content (AvgIpc) is 3.17. The quantitative estimate of drug-likeness (QED) is 0.910. The van der Waals surface area contributed by atoms with Gasteiger partial charge in [0, 0.05) is 19.0 Å². The number of nitrogens with zero attached hydrogens (tertiary/aromatic N) is 1. The third kappa shape index (κ3) is 2.71. The summed E-state index contributed by atoms with van der Waals surface area (Å²) in [6.07, 6.45) is 6.51. The van der Waals surface area contributed by atoms with E-state index in [1.807, 2.05) is 11.0 Å². The SMILES string of the molecule is O=C(NCc1ccco1)[C@@H]1CC(=O)N(C2CCCC2)C1. The molecule has 1 N–H and O–H groups in total. The van der Waals surface area contributed by atoms with E-state index in [-0.39, 0.29) is 17.7 Å². The molecule has 0 radical (unpaired) electrons. The van der Waals surface area contributed by atoms with E-state index in [1.54, 1.807) is 12.3 Å². The Balaban J connectivity index is 1.52. The highest BCUT2D eigenvalue weighted by atomic mass is 16.3. The Hall–Kier alpha value is -1.78. The smallest absolute Gasteiger partial charge is 0.225 e. The highest BCUT2D eigenvalue weighted by Crippen LogP contribution is 2.29. The fraction of sp³-hybridized carbons (Fsp3) is 0.600. The van der Waals surface area contributed by atoms with Gasteiger partial charge in [-0.3, -0.25) is 9.59 Å². The Kier molecular flexibility index (Phi) is 3.76. The highest BCUT2D eigenvalue weighted by Gasteiger charge is 2.38. The number of hydrogen-bond donors (Lipinski definition) is 1. The number of amides is 2. The number of carbonyl (C=O) groups is 2. The maximum atomic E-state index is 12.1. The summed E-state index contributed by atoms with van der Waals surface area (Å²) in [7, 11) is 0. The normalized spacial score (nSPS) is 23.5. The molecule has 2 amide bonds. The van der Waals surface area contributed by atoms with Crippen molar-refractivity contribution in [2.75, 3.05) is 6.54 Å². The van der Waals surface area contributed by atoms with Gasteiger partial charge in [-0.15, -0.1) is 0 Å². The molecule has 2 aliphatic rings. The van der Waals surface area contributed by atoms with E-state index in [2.05, 4.69) is 5.32 Å². The van der Waals surface area contributed by atoms with Crippen molar-refractivity contribution < 1.29 is 14.0 Å². The minimum atomic E-state index is -0.210.